The van der Waals surface area contributed by atoms with Crippen molar-refractivity contribution in [1.29, 1.82) is 0 Å². The Morgan fingerprint density at radius 3 is 2.72 bits per heavy atom. The molecule has 1 aliphatic heterocycles. The highest BCUT2D eigenvalue weighted by Gasteiger charge is 2.27. The van der Waals surface area contributed by atoms with Crippen molar-refractivity contribution in [3.05, 3.63) is 41.9 Å². The van der Waals surface area contributed by atoms with E-state index in [1.165, 1.54) is 5.56 Å². The number of carbonyl (C=O) groups is 2. The van der Waals surface area contributed by atoms with E-state index in [1.807, 2.05) is 52.0 Å². The van der Waals surface area contributed by atoms with Crippen LogP contribution in [0.5, 0.6) is 0 Å². The van der Waals surface area contributed by atoms with Crippen LogP contribution in [0.2, 0.25) is 0 Å². The Labute approximate surface area is 190 Å². The minimum atomic E-state index is -0.484. The van der Waals surface area contributed by atoms with Crippen molar-refractivity contribution in [2.24, 2.45) is 5.92 Å². The molecule has 1 saturated heterocycles. The Morgan fingerprint density at radius 1 is 1.25 bits per heavy atom. The Kier molecular flexibility index (Phi) is 7.94. The minimum Gasteiger partial charge on any atom is -0.444 e. The first-order valence-corrected chi connectivity index (χ1v) is 11.5. The molecule has 2 aromatic rings. The summed E-state index contributed by atoms with van der Waals surface area (Å²) in [4.78, 5) is 30.6. The van der Waals surface area contributed by atoms with Gasteiger partial charge in [0, 0.05) is 38.0 Å². The highest BCUT2D eigenvalue weighted by atomic mass is 16.6. The lowest BCUT2D eigenvalue weighted by Crippen LogP contribution is -2.43. The lowest BCUT2D eigenvalue weighted by molar-refractivity contribution is -0.121. The van der Waals surface area contributed by atoms with Gasteiger partial charge in [0.1, 0.15) is 5.60 Å². The summed E-state index contributed by atoms with van der Waals surface area (Å²) in [5.41, 5.74) is 1.68. The summed E-state index contributed by atoms with van der Waals surface area (Å²) in [5.74, 6) is 1.64. The molecule has 0 spiro atoms. The van der Waals surface area contributed by atoms with Gasteiger partial charge in [-0.05, 0) is 52.9 Å². The molecule has 2 amide bonds. The van der Waals surface area contributed by atoms with Gasteiger partial charge in [-0.2, -0.15) is 0 Å². The van der Waals surface area contributed by atoms with Crippen LogP contribution in [0.25, 0.3) is 11.3 Å². The Morgan fingerprint density at radius 2 is 2.00 bits per heavy atom. The first kappa shape index (κ1) is 23.8. The van der Waals surface area contributed by atoms with Crippen molar-refractivity contribution in [3.63, 3.8) is 0 Å². The number of carbonyl (C=O) groups excluding carboxylic acids is 2. The summed E-state index contributed by atoms with van der Waals surface area (Å²) in [6, 6.07) is 8.07. The molecule has 32 heavy (non-hydrogen) atoms. The van der Waals surface area contributed by atoms with E-state index in [2.05, 4.69) is 10.3 Å². The quantitative estimate of drug-likeness (QED) is 0.671. The average Bonchev–Trinajstić information content (AvgIpc) is 3.21. The molecule has 0 radical (unpaired) electrons. The second-order valence-electron chi connectivity index (χ2n) is 9.56. The Balaban J connectivity index is 1.36. The van der Waals surface area contributed by atoms with E-state index in [1.54, 1.807) is 11.1 Å². The molecule has 1 aromatic carbocycles. The van der Waals surface area contributed by atoms with Crippen LogP contribution in [0, 0.1) is 12.8 Å². The molecule has 7 nitrogen and oxygen atoms in total. The van der Waals surface area contributed by atoms with Gasteiger partial charge < -0.3 is 19.4 Å². The number of amides is 2. The lowest BCUT2D eigenvalue weighted by Gasteiger charge is -2.34. The number of aromatic nitrogens is 1. The second kappa shape index (κ2) is 10.7. The third-order valence-electron chi connectivity index (χ3n) is 5.50. The van der Waals surface area contributed by atoms with Gasteiger partial charge in [-0.15, -0.1) is 0 Å². The second-order valence-corrected chi connectivity index (χ2v) is 9.56. The Bertz CT molecular complexity index is 899. The van der Waals surface area contributed by atoms with Crippen molar-refractivity contribution in [2.45, 2.75) is 65.4 Å². The lowest BCUT2D eigenvalue weighted by atomic mass is 9.95. The molecule has 1 fully saturated rings. The first-order valence-electron chi connectivity index (χ1n) is 11.5. The minimum absolute atomic E-state index is 0.0140. The highest BCUT2D eigenvalue weighted by molar-refractivity contribution is 5.76. The third kappa shape index (κ3) is 7.39. The van der Waals surface area contributed by atoms with Crippen molar-refractivity contribution in [3.8, 4) is 11.3 Å². The number of ether oxygens (including phenoxy) is 1. The Hall–Kier alpha value is -2.83. The van der Waals surface area contributed by atoms with Crippen molar-refractivity contribution in [2.75, 3.05) is 19.6 Å². The van der Waals surface area contributed by atoms with Crippen LogP contribution in [-0.2, 0) is 16.0 Å². The normalized spacial score (nSPS) is 16.6. The monoisotopic (exact) mass is 441 g/mol. The van der Waals surface area contributed by atoms with E-state index < -0.39 is 5.60 Å². The molecule has 3 rings (SSSR count). The van der Waals surface area contributed by atoms with Crippen LogP contribution in [0.15, 0.2) is 34.9 Å². The number of nitrogens with one attached hydrogen (secondary N) is 1. The third-order valence-corrected chi connectivity index (χ3v) is 5.50. The predicted molar refractivity (Wildman–Crippen MR) is 123 cm³/mol. The van der Waals surface area contributed by atoms with Crippen molar-refractivity contribution < 1.29 is 18.7 Å². The predicted octanol–water partition coefficient (Wildman–Crippen LogP) is 4.74. The van der Waals surface area contributed by atoms with Gasteiger partial charge >= 0.3 is 6.09 Å². The van der Waals surface area contributed by atoms with E-state index in [0.29, 0.717) is 43.5 Å². The number of piperidine rings is 1. The summed E-state index contributed by atoms with van der Waals surface area (Å²) in [7, 11) is 0. The molecule has 174 valence electrons. The molecule has 1 atom stereocenters. The van der Waals surface area contributed by atoms with E-state index in [9.17, 15) is 9.59 Å². The first-order chi connectivity index (χ1) is 15.2. The fourth-order valence-electron chi connectivity index (χ4n) is 3.79. The summed E-state index contributed by atoms with van der Waals surface area (Å²) in [6.07, 6.45) is 5.13. The zero-order chi connectivity index (χ0) is 23.1. The molecule has 1 aromatic heterocycles. The number of nitrogens with zero attached hydrogens (tertiary/aromatic N) is 2. The van der Waals surface area contributed by atoms with Crippen LogP contribution < -0.4 is 5.32 Å². The molecular weight excluding hydrogens is 406 g/mol. The van der Waals surface area contributed by atoms with E-state index >= 15 is 0 Å². The summed E-state index contributed by atoms with van der Waals surface area (Å²) in [5, 5.41) is 2.98. The largest absolute Gasteiger partial charge is 0.444 e. The molecule has 0 aliphatic carbocycles. The maximum Gasteiger partial charge on any atom is 0.410 e. The van der Waals surface area contributed by atoms with Crippen molar-refractivity contribution >= 4 is 12.0 Å². The molecule has 7 heteroatoms. The van der Waals surface area contributed by atoms with Gasteiger partial charge in [-0.25, -0.2) is 9.78 Å². The smallest absolute Gasteiger partial charge is 0.410 e. The summed E-state index contributed by atoms with van der Waals surface area (Å²) in [6.45, 7) is 9.70. The molecule has 1 N–H and O–H groups in total. The number of hydrogen-bond acceptors (Lipinski definition) is 5. The standard InChI is InChI=1S/C25H35N3O4/c1-18-7-9-20(10-8-18)21-16-27-23(31-21)12-11-22(29)26-14-13-19-6-5-15-28(17-19)24(30)32-25(2,3)4/h7-10,16,19H,5-6,11-15,17H2,1-4H3,(H,26,29). The average molecular weight is 442 g/mol. The zero-order valence-corrected chi connectivity index (χ0v) is 19.6. The van der Waals surface area contributed by atoms with Crippen molar-refractivity contribution in [1.82, 2.24) is 15.2 Å². The van der Waals surface area contributed by atoms with E-state index in [-0.39, 0.29) is 12.0 Å². The van der Waals surface area contributed by atoms with E-state index in [0.717, 1.165) is 31.4 Å². The highest BCUT2D eigenvalue weighted by Crippen LogP contribution is 2.22. The molecule has 0 bridgehead atoms. The number of aryl methyl sites for hydroxylation is 2. The van der Waals surface area contributed by atoms with Crippen LogP contribution in [-0.4, -0.2) is 47.1 Å². The maximum absolute atomic E-state index is 12.3. The van der Waals surface area contributed by atoms with Gasteiger partial charge in [-0.1, -0.05) is 29.8 Å². The number of oxazole rings is 1. The van der Waals surface area contributed by atoms with Gasteiger partial charge in [0.15, 0.2) is 11.7 Å². The number of rotatable bonds is 7. The fourth-order valence-corrected chi connectivity index (χ4v) is 3.79. The summed E-state index contributed by atoms with van der Waals surface area (Å²) >= 11 is 0. The summed E-state index contributed by atoms with van der Waals surface area (Å²) < 4.78 is 11.3. The number of likely N-dealkylation sites (tertiary alicyclic amines) is 1. The van der Waals surface area contributed by atoms with E-state index in [4.69, 9.17) is 9.15 Å². The molecular formula is C25H35N3O4. The molecule has 2 heterocycles. The zero-order valence-electron chi connectivity index (χ0n) is 19.6. The number of benzene rings is 1. The molecule has 1 aliphatic rings. The number of hydrogen-bond donors (Lipinski definition) is 1. The molecule has 1 unspecified atom stereocenters. The molecule has 0 saturated carbocycles. The maximum atomic E-state index is 12.3. The van der Waals surface area contributed by atoms with Crippen LogP contribution >= 0.6 is 0 Å². The van der Waals surface area contributed by atoms with Crippen LogP contribution in [0.4, 0.5) is 4.79 Å². The van der Waals surface area contributed by atoms with Gasteiger partial charge in [0.05, 0.1) is 6.20 Å². The topological polar surface area (TPSA) is 84.7 Å². The van der Waals surface area contributed by atoms with Gasteiger partial charge in [0.25, 0.3) is 0 Å². The SMILES string of the molecule is Cc1ccc(-c2cnc(CCC(=O)NCCC3CCCN(C(=O)OC(C)(C)C)C3)o2)cc1. The van der Waals surface area contributed by atoms with Crippen LogP contribution in [0.3, 0.4) is 0 Å². The fraction of sp³-hybridized carbons (Fsp3) is 0.560. The van der Waals surface area contributed by atoms with Crippen LogP contribution in [0.1, 0.15) is 57.9 Å². The van der Waals surface area contributed by atoms with Gasteiger partial charge in [-0.3, -0.25) is 4.79 Å². The van der Waals surface area contributed by atoms with Gasteiger partial charge in [0.2, 0.25) is 5.91 Å².